The van der Waals surface area contributed by atoms with E-state index in [0.717, 1.165) is 4.90 Å². The highest BCUT2D eigenvalue weighted by Crippen LogP contribution is 2.41. The summed E-state index contributed by atoms with van der Waals surface area (Å²) in [5, 5.41) is -0.167. The van der Waals surface area contributed by atoms with Crippen molar-refractivity contribution in [2.45, 2.75) is 129 Å². The Morgan fingerprint density at radius 1 is 1.00 bits per heavy atom. The monoisotopic (exact) mass is 526 g/mol. The molecule has 206 valence electrons. The molecule has 0 aliphatic carbocycles. The first-order valence-corrected chi connectivity index (χ1v) is 15.5. The van der Waals surface area contributed by atoms with Gasteiger partial charge in [0.05, 0.1) is 24.8 Å². The number of rotatable bonds is 4. The number of hydrogen-bond acceptors (Lipinski definition) is 7. The fraction of sp³-hybridized carbons (Fsp3) is 0.808. The average molecular weight is 527 g/mol. The van der Waals surface area contributed by atoms with Gasteiger partial charge >= 0.3 is 12.2 Å². The van der Waals surface area contributed by atoms with E-state index in [1.165, 1.54) is 6.08 Å². The molecule has 2 aliphatic heterocycles. The van der Waals surface area contributed by atoms with Gasteiger partial charge in [-0.05, 0) is 73.5 Å². The number of amides is 3. The van der Waals surface area contributed by atoms with Gasteiger partial charge in [-0.2, -0.15) is 0 Å². The van der Waals surface area contributed by atoms with Crippen LogP contribution in [0.15, 0.2) is 12.2 Å². The summed E-state index contributed by atoms with van der Waals surface area (Å²) in [5.41, 5.74) is -2.49. The molecule has 0 unspecified atom stereocenters. The molecule has 10 heteroatoms. The van der Waals surface area contributed by atoms with Crippen molar-refractivity contribution in [3.05, 3.63) is 12.2 Å². The highest BCUT2D eigenvalue weighted by atomic mass is 28.4. The minimum Gasteiger partial charge on any atom is -0.444 e. The number of ether oxygens (including phenoxy) is 3. The quantitative estimate of drug-likeness (QED) is 0.450. The zero-order valence-electron chi connectivity index (χ0n) is 24.3. The van der Waals surface area contributed by atoms with Gasteiger partial charge in [0.2, 0.25) is 0 Å². The molecule has 9 nitrogen and oxygen atoms in total. The molecule has 1 fully saturated rings. The Balaban J connectivity index is 2.58. The van der Waals surface area contributed by atoms with E-state index in [2.05, 4.69) is 33.9 Å². The molecular weight excluding hydrogens is 480 g/mol. The van der Waals surface area contributed by atoms with Gasteiger partial charge in [0.1, 0.15) is 16.9 Å². The second-order valence-corrected chi connectivity index (χ2v) is 18.3. The standard InChI is InChI=1S/C26H46N2O7Si/c1-23(2,3)33-21(30)27-17(14-15-19(27)29)20(35-36(12,13)25(7,8)9)18-16-32-26(10,11)28(18)22(31)34-24(4,5)6/h14-15,17-18,20H,16H2,1-13H3/t17-,18+,20-/m1/s1. The third-order valence-corrected chi connectivity index (χ3v) is 11.1. The Hall–Kier alpha value is -1.91. The summed E-state index contributed by atoms with van der Waals surface area (Å²) in [4.78, 5) is 42.1. The lowest BCUT2D eigenvalue weighted by Gasteiger charge is -2.45. The molecule has 0 aromatic rings. The molecule has 2 aliphatic rings. The number of nitrogens with zero attached hydrogens (tertiary/aromatic N) is 2. The molecule has 0 spiro atoms. The summed E-state index contributed by atoms with van der Waals surface area (Å²) >= 11 is 0. The van der Waals surface area contributed by atoms with Gasteiger partial charge in [0.25, 0.3) is 5.91 Å². The Labute approximate surface area is 217 Å². The van der Waals surface area contributed by atoms with Gasteiger partial charge in [-0.25, -0.2) is 14.5 Å². The van der Waals surface area contributed by atoms with E-state index < -0.39 is 61.5 Å². The molecule has 0 aromatic heterocycles. The lowest BCUT2D eigenvalue weighted by atomic mass is 10.0. The molecule has 2 rings (SSSR count). The molecule has 36 heavy (non-hydrogen) atoms. The minimum atomic E-state index is -2.45. The summed E-state index contributed by atoms with van der Waals surface area (Å²) in [5.74, 6) is -0.486. The first kappa shape index (κ1) is 30.3. The fourth-order valence-corrected chi connectivity index (χ4v) is 5.24. The number of carbonyl (C=O) groups excluding carboxylic acids is 3. The first-order valence-electron chi connectivity index (χ1n) is 12.6. The van der Waals surface area contributed by atoms with Crippen LogP contribution in [0.4, 0.5) is 9.59 Å². The topological polar surface area (TPSA) is 94.6 Å². The van der Waals surface area contributed by atoms with E-state index in [1.807, 2.05) is 0 Å². The summed E-state index contributed by atoms with van der Waals surface area (Å²) in [6, 6.07) is -1.40. The van der Waals surface area contributed by atoms with Crippen molar-refractivity contribution in [3.8, 4) is 0 Å². The van der Waals surface area contributed by atoms with Crippen LogP contribution in [0.2, 0.25) is 18.1 Å². The molecule has 0 saturated carbocycles. The van der Waals surface area contributed by atoms with Crippen molar-refractivity contribution in [2.75, 3.05) is 6.61 Å². The second-order valence-electron chi connectivity index (χ2n) is 13.6. The van der Waals surface area contributed by atoms with Crippen molar-refractivity contribution in [1.82, 2.24) is 9.80 Å². The average Bonchev–Trinajstić information content (AvgIpc) is 3.15. The van der Waals surface area contributed by atoms with Gasteiger partial charge in [0.15, 0.2) is 8.32 Å². The minimum absolute atomic E-state index is 0.159. The summed E-state index contributed by atoms with van der Waals surface area (Å²) in [6.45, 7) is 24.9. The van der Waals surface area contributed by atoms with Crippen LogP contribution in [0, 0.1) is 0 Å². The molecular formula is C26H46N2O7Si. The Bertz CT molecular complexity index is 893. The smallest absolute Gasteiger partial charge is 0.417 e. The van der Waals surface area contributed by atoms with E-state index in [4.69, 9.17) is 18.6 Å². The third kappa shape index (κ3) is 6.89. The molecule has 0 aromatic carbocycles. The lowest BCUT2D eigenvalue weighted by Crippen LogP contribution is -2.62. The first-order chi connectivity index (χ1) is 16.0. The zero-order chi connectivity index (χ0) is 28.1. The highest BCUT2D eigenvalue weighted by Gasteiger charge is 2.55. The molecule has 0 bridgehead atoms. The summed E-state index contributed by atoms with van der Waals surface area (Å²) < 4.78 is 24.2. The maximum Gasteiger partial charge on any atom is 0.417 e. The predicted octanol–water partition coefficient (Wildman–Crippen LogP) is 5.45. The van der Waals surface area contributed by atoms with Crippen LogP contribution in [0.25, 0.3) is 0 Å². The van der Waals surface area contributed by atoms with Crippen LogP contribution in [0.1, 0.15) is 76.2 Å². The van der Waals surface area contributed by atoms with Gasteiger partial charge in [-0.15, -0.1) is 0 Å². The van der Waals surface area contributed by atoms with E-state index >= 15 is 0 Å². The number of imide groups is 1. The Morgan fingerprint density at radius 3 is 1.97 bits per heavy atom. The summed E-state index contributed by atoms with van der Waals surface area (Å²) in [6.07, 6.45) is 0.956. The predicted molar refractivity (Wildman–Crippen MR) is 140 cm³/mol. The molecule has 0 radical (unpaired) electrons. The van der Waals surface area contributed by atoms with Gasteiger partial charge in [-0.3, -0.25) is 9.69 Å². The largest absolute Gasteiger partial charge is 0.444 e. The summed E-state index contributed by atoms with van der Waals surface area (Å²) in [7, 11) is -2.45. The fourth-order valence-electron chi connectivity index (χ4n) is 3.91. The SMILES string of the molecule is CC(C)(C)OC(=O)N1C(=O)C=C[C@@H]1[C@@H](O[Si](C)(C)C(C)(C)C)[C@@H]1COC(C)(C)N1C(=O)OC(C)(C)C. The second kappa shape index (κ2) is 9.76. The molecule has 3 atom stereocenters. The van der Waals surface area contributed by atoms with E-state index in [0.29, 0.717) is 0 Å². The van der Waals surface area contributed by atoms with Crippen molar-refractivity contribution in [1.29, 1.82) is 0 Å². The van der Waals surface area contributed by atoms with Crippen molar-refractivity contribution < 1.29 is 33.0 Å². The van der Waals surface area contributed by atoms with Crippen LogP contribution in [0.5, 0.6) is 0 Å². The molecule has 3 amide bonds. The highest BCUT2D eigenvalue weighted by molar-refractivity contribution is 6.74. The molecule has 0 N–H and O–H groups in total. The Kier molecular flexibility index (Phi) is 8.22. The molecule has 1 saturated heterocycles. The van der Waals surface area contributed by atoms with Crippen molar-refractivity contribution >= 4 is 26.4 Å². The van der Waals surface area contributed by atoms with Gasteiger partial charge < -0.3 is 18.6 Å². The van der Waals surface area contributed by atoms with Crippen LogP contribution in [0.3, 0.4) is 0 Å². The number of hydrogen-bond donors (Lipinski definition) is 0. The van der Waals surface area contributed by atoms with E-state index in [-0.39, 0.29) is 11.6 Å². The Morgan fingerprint density at radius 2 is 1.50 bits per heavy atom. The van der Waals surface area contributed by atoms with Crippen molar-refractivity contribution in [3.63, 3.8) is 0 Å². The normalized spacial score (nSPS) is 23.8. The number of carbonyl (C=O) groups is 3. The zero-order valence-corrected chi connectivity index (χ0v) is 25.3. The van der Waals surface area contributed by atoms with E-state index in [1.54, 1.807) is 66.4 Å². The van der Waals surface area contributed by atoms with Crippen LogP contribution < -0.4 is 0 Å². The van der Waals surface area contributed by atoms with Crippen molar-refractivity contribution in [2.24, 2.45) is 0 Å². The van der Waals surface area contributed by atoms with Gasteiger partial charge in [0, 0.05) is 6.08 Å². The van der Waals surface area contributed by atoms with Gasteiger partial charge in [-0.1, -0.05) is 26.8 Å². The lowest BCUT2D eigenvalue weighted by molar-refractivity contribution is -0.127. The van der Waals surface area contributed by atoms with Crippen LogP contribution in [-0.2, 0) is 23.4 Å². The maximum absolute atomic E-state index is 13.4. The molecule has 2 heterocycles. The maximum atomic E-state index is 13.4. The van der Waals surface area contributed by atoms with Crippen LogP contribution in [-0.4, -0.2) is 77.9 Å². The van der Waals surface area contributed by atoms with E-state index in [9.17, 15) is 14.4 Å². The third-order valence-electron chi connectivity index (χ3n) is 6.62. The van der Waals surface area contributed by atoms with Crippen LogP contribution >= 0.6 is 0 Å².